The maximum Gasteiger partial charge on any atom is 0.122 e. The molecule has 17 heavy (non-hydrogen) atoms. The van der Waals surface area contributed by atoms with Crippen LogP contribution in [0.5, 0.6) is 11.5 Å². The van der Waals surface area contributed by atoms with Crippen LogP contribution in [0.15, 0.2) is 18.2 Å². The van der Waals surface area contributed by atoms with Gasteiger partial charge in [0.25, 0.3) is 0 Å². The van der Waals surface area contributed by atoms with Crippen LogP contribution in [0.3, 0.4) is 0 Å². The fourth-order valence-electron chi connectivity index (χ4n) is 1.61. The molecule has 0 amide bonds. The predicted molar refractivity (Wildman–Crippen MR) is 64.1 cm³/mol. The van der Waals surface area contributed by atoms with E-state index in [1.807, 2.05) is 24.3 Å². The lowest BCUT2D eigenvalue weighted by molar-refractivity contribution is 0.169. The average molecular weight is 235 g/mol. The second kappa shape index (κ2) is 6.77. The van der Waals surface area contributed by atoms with Crippen LogP contribution in [0.4, 0.5) is 0 Å². The Hall–Kier alpha value is -1.73. The molecule has 4 heteroatoms. The number of aryl methyl sites for hydroxylation is 1. The van der Waals surface area contributed by atoms with Crippen LogP contribution in [0.2, 0.25) is 0 Å². The molecule has 1 unspecified atom stereocenters. The highest BCUT2D eigenvalue weighted by Gasteiger charge is 2.08. The first-order chi connectivity index (χ1) is 8.21. The molecule has 1 aromatic rings. The first-order valence-electron chi connectivity index (χ1n) is 5.47. The third kappa shape index (κ3) is 3.97. The van der Waals surface area contributed by atoms with E-state index in [9.17, 15) is 5.11 Å². The van der Waals surface area contributed by atoms with E-state index in [1.54, 1.807) is 14.2 Å². The quantitative estimate of drug-likeness (QED) is 0.818. The molecule has 0 heterocycles. The van der Waals surface area contributed by atoms with Crippen molar-refractivity contribution in [2.24, 2.45) is 0 Å². The van der Waals surface area contributed by atoms with Crippen molar-refractivity contribution in [2.45, 2.75) is 25.4 Å². The zero-order chi connectivity index (χ0) is 12.7. The summed E-state index contributed by atoms with van der Waals surface area (Å²) < 4.78 is 10.4. The number of aliphatic hydroxyl groups excluding tert-OH is 1. The first-order valence-corrected chi connectivity index (χ1v) is 5.47. The second-order valence-corrected chi connectivity index (χ2v) is 3.73. The summed E-state index contributed by atoms with van der Waals surface area (Å²) in [4.78, 5) is 0. The molecule has 4 nitrogen and oxygen atoms in total. The number of methoxy groups -OCH3 is 2. The van der Waals surface area contributed by atoms with Gasteiger partial charge in [-0.3, -0.25) is 0 Å². The van der Waals surface area contributed by atoms with E-state index < -0.39 is 6.10 Å². The summed E-state index contributed by atoms with van der Waals surface area (Å²) in [6.45, 7) is 0. The SMILES string of the molecule is COc1ccc(OC)c(CCC(O)CC#N)c1. The Morgan fingerprint density at radius 3 is 2.71 bits per heavy atom. The molecule has 0 saturated heterocycles. The van der Waals surface area contributed by atoms with Gasteiger partial charge in [0.2, 0.25) is 0 Å². The predicted octanol–water partition coefficient (Wildman–Crippen LogP) is 1.91. The van der Waals surface area contributed by atoms with Gasteiger partial charge in [0.15, 0.2) is 0 Å². The van der Waals surface area contributed by atoms with Gasteiger partial charge < -0.3 is 14.6 Å². The average Bonchev–Trinajstić information content (AvgIpc) is 2.36. The van der Waals surface area contributed by atoms with Crippen molar-refractivity contribution in [3.8, 4) is 17.6 Å². The molecule has 0 fully saturated rings. The van der Waals surface area contributed by atoms with Gasteiger partial charge in [-0.05, 0) is 36.6 Å². The van der Waals surface area contributed by atoms with Gasteiger partial charge in [0, 0.05) is 0 Å². The van der Waals surface area contributed by atoms with Crippen LogP contribution in [-0.2, 0) is 6.42 Å². The van der Waals surface area contributed by atoms with Gasteiger partial charge in [-0.1, -0.05) is 0 Å². The minimum Gasteiger partial charge on any atom is -0.497 e. The molecule has 1 N–H and O–H groups in total. The van der Waals surface area contributed by atoms with Gasteiger partial charge >= 0.3 is 0 Å². The van der Waals surface area contributed by atoms with Crippen LogP contribution < -0.4 is 9.47 Å². The molecule has 1 atom stereocenters. The number of rotatable bonds is 6. The Morgan fingerprint density at radius 1 is 1.35 bits per heavy atom. The van der Waals surface area contributed by atoms with Crippen molar-refractivity contribution < 1.29 is 14.6 Å². The minimum absolute atomic E-state index is 0.159. The molecule has 0 aliphatic heterocycles. The highest BCUT2D eigenvalue weighted by atomic mass is 16.5. The van der Waals surface area contributed by atoms with Crippen molar-refractivity contribution in [2.75, 3.05) is 14.2 Å². The zero-order valence-electron chi connectivity index (χ0n) is 10.1. The molecule has 0 saturated carbocycles. The molecular formula is C13H17NO3. The third-order valence-corrected chi connectivity index (χ3v) is 2.56. The van der Waals surface area contributed by atoms with Crippen LogP contribution in [0.1, 0.15) is 18.4 Å². The number of nitrogens with zero attached hydrogens (tertiary/aromatic N) is 1. The number of nitriles is 1. The molecule has 92 valence electrons. The summed E-state index contributed by atoms with van der Waals surface area (Å²) in [5, 5.41) is 18.0. The maximum absolute atomic E-state index is 9.51. The van der Waals surface area contributed by atoms with Crippen molar-refractivity contribution in [1.82, 2.24) is 0 Å². The largest absolute Gasteiger partial charge is 0.497 e. The van der Waals surface area contributed by atoms with Gasteiger partial charge in [0.05, 0.1) is 32.8 Å². The monoisotopic (exact) mass is 235 g/mol. The number of aliphatic hydroxyl groups is 1. The molecule has 0 bridgehead atoms. The number of hydrogen-bond acceptors (Lipinski definition) is 4. The summed E-state index contributed by atoms with van der Waals surface area (Å²) in [7, 11) is 3.22. The van der Waals surface area contributed by atoms with Crippen LogP contribution >= 0.6 is 0 Å². The zero-order valence-corrected chi connectivity index (χ0v) is 10.1. The summed E-state index contributed by atoms with van der Waals surface area (Å²) in [6, 6.07) is 7.50. The standard InChI is InChI=1S/C13H17NO3/c1-16-12-5-6-13(17-2)10(9-12)3-4-11(15)7-8-14/h5-6,9,11,15H,3-4,7H2,1-2H3. The van der Waals surface area contributed by atoms with Gasteiger partial charge in [-0.15, -0.1) is 0 Å². The van der Waals surface area contributed by atoms with E-state index in [0.29, 0.717) is 12.8 Å². The lowest BCUT2D eigenvalue weighted by atomic mass is 10.0. The minimum atomic E-state index is -0.587. The van der Waals surface area contributed by atoms with E-state index in [-0.39, 0.29) is 6.42 Å². The Balaban J connectivity index is 2.71. The summed E-state index contributed by atoms with van der Waals surface area (Å²) in [5.41, 5.74) is 0.976. The lowest BCUT2D eigenvalue weighted by Gasteiger charge is -2.11. The van der Waals surface area contributed by atoms with Crippen LogP contribution in [0, 0.1) is 11.3 Å². The summed E-state index contributed by atoms with van der Waals surface area (Å²) in [5.74, 6) is 1.53. The first kappa shape index (κ1) is 13.3. The Kier molecular flexibility index (Phi) is 5.31. The topological polar surface area (TPSA) is 62.5 Å². The smallest absolute Gasteiger partial charge is 0.122 e. The molecule has 0 aliphatic rings. The second-order valence-electron chi connectivity index (χ2n) is 3.73. The van der Waals surface area contributed by atoms with Crippen molar-refractivity contribution in [1.29, 1.82) is 5.26 Å². The molecule has 1 aromatic carbocycles. The third-order valence-electron chi connectivity index (χ3n) is 2.56. The van der Waals surface area contributed by atoms with Gasteiger partial charge in [-0.2, -0.15) is 5.26 Å². The summed E-state index contributed by atoms with van der Waals surface area (Å²) in [6.07, 6.45) is 0.767. The molecule has 0 aromatic heterocycles. The van der Waals surface area contributed by atoms with E-state index in [1.165, 1.54) is 0 Å². The fourth-order valence-corrected chi connectivity index (χ4v) is 1.61. The van der Waals surface area contributed by atoms with Crippen LogP contribution in [0.25, 0.3) is 0 Å². The fraction of sp³-hybridized carbons (Fsp3) is 0.462. The van der Waals surface area contributed by atoms with E-state index >= 15 is 0 Å². The van der Waals surface area contributed by atoms with E-state index in [0.717, 1.165) is 17.1 Å². The Bertz CT molecular complexity index is 398. The Labute approximate surface area is 101 Å². The van der Waals surface area contributed by atoms with E-state index in [2.05, 4.69) is 0 Å². The molecule has 0 radical (unpaired) electrons. The Morgan fingerprint density at radius 2 is 2.12 bits per heavy atom. The normalized spacial score (nSPS) is 11.6. The number of hydrogen-bond donors (Lipinski definition) is 1. The number of ether oxygens (including phenoxy) is 2. The number of benzene rings is 1. The molecular weight excluding hydrogens is 218 g/mol. The molecule has 0 spiro atoms. The molecule has 0 aliphatic carbocycles. The maximum atomic E-state index is 9.51. The van der Waals surface area contributed by atoms with E-state index in [4.69, 9.17) is 14.7 Å². The lowest BCUT2D eigenvalue weighted by Crippen LogP contribution is -2.07. The van der Waals surface area contributed by atoms with Crippen molar-refractivity contribution >= 4 is 0 Å². The van der Waals surface area contributed by atoms with Crippen molar-refractivity contribution in [3.05, 3.63) is 23.8 Å². The summed E-state index contributed by atoms with van der Waals surface area (Å²) >= 11 is 0. The van der Waals surface area contributed by atoms with Gasteiger partial charge in [0.1, 0.15) is 11.5 Å². The highest BCUT2D eigenvalue weighted by molar-refractivity contribution is 5.40. The highest BCUT2D eigenvalue weighted by Crippen LogP contribution is 2.25. The van der Waals surface area contributed by atoms with Crippen molar-refractivity contribution in [3.63, 3.8) is 0 Å². The molecule has 1 rings (SSSR count). The van der Waals surface area contributed by atoms with Gasteiger partial charge in [-0.25, -0.2) is 0 Å². The van der Waals surface area contributed by atoms with Crippen LogP contribution in [-0.4, -0.2) is 25.4 Å².